The molecule has 0 saturated heterocycles. The van der Waals surface area contributed by atoms with E-state index in [2.05, 4.69) is 33.9 Å². The van der Waals surface area contributed by atoms with Crippen molar-refractivity contribution in [2.45, 2.75) is 11.4 Å². The van der Waals surface area contributed by atoms with E-state index < -0.39 is 0 Å². The molecule has 0 atom stereocenters. The second-order valence-corrected chi connectivity index (χ2v) is 7.02. The van der Waals surface area contributed by atoms with Gasteiger partial charge in [-0.1, -0.05) is 11.6 Å². The van der Waals surface area contributed by atoms with Crippen molar-refractivity contribution in [3.05, 3.63) is 49.6 Å². The molecule has 0 aliphatic heterocycles. The molecule has 1 amide bonds. The highest BCUT2D eigenvalue weighted by Gasteiger charge is 2.10. The van der Waals surface area contributed by atoms with Gasteiger partial charge in [-0.05, 0) is 46.3 Å². The fourth-order valence-electron chi connectivity index (χ4n) is 1.40. The Morgan fingerprint density at radius 3 is 2.83 bits per heavy atom. The predicted octanol–water partition coefficient (Wildman–Crippen LogP) is 4.38. The molecule has 6 heteroatoms. The second kappa shape index (κ2) is 6.10. The largest absolute Gasteiger partial charge is 0.347 e. The molecule has 0 unspecified atom stereocenters. The third-order valence-electron chi connectivity index (χ3n) is 2.25. The number of hydrogen-bond acceptors (Lipinski definition) is 3. The molecule has 1 aromatic carbocycles. The summed E-state index contributed by atoms with van der Waals surface area (Å²) in [7, 11) is 0. The fourth-order valence-corrected chi connectivity index (χ4v) is 3.23. The average molecular weight is 363 g/mol. The zero-order chi connectivity index (χ0) is 13.1. The van der Waals surface area contributed by atoms with Crippen LogP contribution in [0.15, 0.2) is 39.0 Å². The van der Waals surface area contributed by atoms with Gasteiger partial charge in [-0.15, -0.1) is 24.0 Å². The standard InChI is InChI=1S/C12H9BrClNOS2/c13-11-4-2-8(18-11)6-15-12(16)9-5-7(17)1-3-10(9)14/h1-5,17H,6H2,(H,15,16). The summed E-state index contributed by atoms with van der Waals surface area (Å²) in [6, 6.07) is 8.99. The van der Waals surface area contributed by atoms with Crippen molar-refractivity contribution in [2.24, 2.45) is 0 Å². The first-order valence-electron chi connectivity index (χ1n) is 5.07. The van der Waals surface area contributed by atoms with Gasteiger partial charge in [-0.3, -0.25) is 4.79 Å². The summed E-state index contributed by atoms with van der Waals surface area (Å²) >= 11 is 15.1. The number of carbonyl (C=O) groups excluding carboxylic acids is 1. The molecule has 1 N–H and O–H groups in total. The molecule has 0 fully saturated rings. The van der Waals surface area contributed by atoms with Crippen molar-refractivity contribution in [3.63, 3.8) is 0 Å². The van der Waals surface area contributed by atoms with E-state index in [-0.39, 0.29) is 5.91 Å². The first-order chi connectivity index (χ1) is 8.56. The molecular formula is C12H9BrClNOS2. The van der Waals surface area contributed by atoms with E-state index in [0.717, 1.165) is 8.66 Å². The highest BCUT2D eigenvalue weighted by atomic mass is 79.9. The van der Waals surface area contributed by atoms with Gasteiger partial charge in [0, 0.05) is 9.77 Å². The topological polar surface area (TPSA) is 29.1 Å². The van der Waals surface area contributed by atoms with Gasteiger partial charge in [-0.25, -0.2) is 0 Å². The number of nitrogens with one attached hydrogen (secondary N) is 1. The van der Waals surface area contributed by atoms with Crippen LogP contribution in [0, 0.1) is 0 Å². The van der Waals surface area contributed by atoms with Gasteiger partial charge >= 0.3 is 0 Å². The van der Waals surface area contributed by atoms with Crippen molar-refractivity contribution < 1.29 is 4.79 Å². The van der Waals surface area contributed by atoms with E-state index in [1.165, 1.54) is 0 Å². The van der Waals surface area contributed by atoms with Crippen molar-refractivity contribution in [2.75, 3.05) is 0 Å². The van der Waals surface area contributed by atoms with Gasteiger partial charge < -0.3 is 5.32 Å². The molecular weight excluding hydrogens is 354 g/mol. The number of halogens is 2. The number of benzene rings is 1. The summed E-state index contributed by atoms with van der Waals surface area (Å²) in [6.45, 7) is 0.488. The number of amides is 1. The SMILES string of the molecule is O=C(NCc1ccc(Br)s1)c1cc(S)ccc1Cl. The molecule has 0 aliphatic rings. The summed E-state index contributed by atoms with van der Waals surface area (Å²) in [5, 5.41) is 3.26. The Bertz CT molecular complexity index is 585. The Morgan fingerprint density at radius 1 is 1.39 bits per heavy atom. The monoisotopic (exact) mass is 361 g/mol. The lowest BCUT2D eigenvalue weighted by atomic mass is 10.2. The van der Waals surface area contributed by atoms with Gasteiger partial charge in [0.15, 0.2) is 0 Å². The summed E-state index contributed by atoms with van der Waals surface area (Å²) in [6.07, 6.45) is 0. The van der Waals surface area contributed by atoms with Crippen molar-refractivity contribution in [1.82, 2.24) is 5.32 Å². The summed E-state index contributed by atoms with van der Waals surface area (Å²) < 4.78 is 1.04. The third-order valence-corrected chi connectivity index (χ3v) is 4.48. The molecule has 94 valence electrons. The van der Waals surface area contributed by atoms with Crippen LogP contribution in [0.4, 0.5) is 0 Å². The van der Waals surface area contributed by atoms with Crippen molar-refractivity contribution in [3.8, 4) is 0 Å². The van der Waals surface area contributed by atoms with E-state index in [9.17, 15) is 4.79 Å². The maximum Gasteiger partial charge on any atom is 0.253 e. The van der Waals surface area contributed by atoms with Crippen molar-refractivity contribution >= 4 is 57.4 Å². The van der Waals surface area contributed by atoms with Crippen LogP contribution in [0.5, 0.6) is 0 Å². The first kappa shape index (κ1) is 13.9. The Hall–Kier alpha value is -0.490. The molecule has 2 rings (SSSR count). The molecule has 0 bridgehead atoms. The molecule has 0 spiro atoms. The van der Waals surface area contributed by atoms with Crippen LogP contribution in [-0.4, -0.2) is 5.91 Å². The number of hydrogen-bond donors (Lipinski definition) is 2. The van der Waals surface area contributed by atoms with E-state index in [1.807, 2.05) is 12.1 Å². The van der Waals surface area contributed by atoms with Crippen LogP contribution in [0.2, 0.25) is 5.02 Å². The smallest absolute Gasteiger partial charge is 0.253 e. The molecule has 0 radical (unpaired) electrons. The van der Waals surface area contributed by atoms with Crippen LogP contribution in [-0.2, 0) is 6.54 Å². The minimum atomic E-state index is -0.194. The van der Waals surface area contributed by atoms with Gasteiger partial charge in [0.05, 0.1) is 20.9 Å². The van der Waals surface area contributed by atoms with Gasteiger partial charge in [0.2, 0.25) is 0 Å². The number of thiol groups is 1. The molecule has 0 saturated carbocycles. The number of carbonyl (C=O) groups is 1. The number of thiophene rings is 1. The lowest BCUT2D eigenvalue weighted by Crippen LogP contribution is -2.22. The van der Waals surface area contributed by atoms with E-state index in [1.54, 1.807) is 29.5 Å². The molecule has 2 nitrogen and oxygen atoms in total. The Kier molecular flexibility index (Phi) is 4.72. The van der Waals surface area contributed by atoms with E-state index in [0.29, 0.717) is 22.0 Å². The third kappa shape index (κ3) is 3.51. The molecule has 1 aromatic heterocycles. The molecule has 18 heavy (non-hydrogen) atoms. The Morgan fingerprint density at radius 2 is 2.17 bits per heavy atom. The quantitative estimate of drug-likeness (QED) is 0.779. The van der Waals surface area contributed by atoms with Gasteiger partial charge in [0.1, 0.15) is 0 Å². The lowest BCUT2D eigenvalue weighted by Gasteiger charge is -2.06. The minimum Gasteiger partial charge on any atom is -0.347 e. The highest BCUT2D eigenvalue weighted by molar-refractivity contribution is 9.11. The van der Waals surface area contributed by atoms with Crippen molar-refractivity contribution in [1.29, 1.82) is 0 Å². The van der Waals surface area contributed by atoms with Gasteiger partial charge in [-0.2, -0.15) is 0 Å². The summed E-state index contributed by atoms with van der Waals surface area (Å²) in [5.74, 6) is -0.194. The van der Waals surface area contributed by atoms with Crippen LogP contribution < -0.4 is 5.32 Å². The second-order valence-electron chi connectivity index (χ2n) is 3.55. The summed E-state index contributed by atoms with van der Waals surface area (Å²) in [4.78, 5) is 13.7. The van der Waals surface area contributed by atoms with Crippen LogP contribution in [0.1, 0.15) is 15.2 Å². The zero-order valence-corrected chi connectivity index (χ0v) is 13.2. The fraction of sp³-hybridized carbons (Fsp3) is 0.0833. The summed E-state index contributed by atoms with van der Waals surface area (Å²) in [5.41, 5.74) is 0.444. The first-order valence-corrected chi connectivity index (χ1v) is 7.50. The van der Waals surface area contributed by atoms with E-state index >= 15 is 0 Å². The highest BCUT2D eigenvalue weighted by Crippen LogP contribution is 2.23. The lowest BCUT2D eigenvalue weighted by molar-refractivity contribution is 0.0951. The minimum absolute atomic E-state index is 0.194. The van der Waals surface area contributed by atoms with Crippen LogP contribution in [0.3, 0.4) is 0 Å². The van der Waals surface area contributed by atoms with Gasteiger partial charge in [0.25, 0.3) is 5.91 Å². The molecule has 0 aliphatic carbocycles. The normalized spacial score (nSPS) is 10.4. The maximum absolute atomic E-state index is 12.0. The predicted molar refractivity (Wildman–Crippen MR) is 81.9 cm³/mol. The Labute approximate surface area is 128 Å². The maximum atomic E-state index is 12.0. The van der Waals surface area contributed by atoms with E-state index in [4.69, 9.17) is 11.6 Å². The molecule has 2 aromatic rings. The zero-order valence-electron chi connectivity index (χ0n) is 9.11. The average Bonchev–Trinajstić information content (AvgIpc) is 2.75. The van der Waals surface area contributed by atoms with Crippen LogP contribution in [0.25, 0.3) is 0 Å². The Balaban J connectivity index is 2.05. The number of rotatable bonds is 3. The van der Waals surface area contributed by atoms with Crippen LogP contribution >= 0.6 is 51.5 Å². The molecule has 1 heterocycles.